The molecule has 1 aromatic heterocycles. The summed E-state index contributed by atoms with van der Waals surface area (Å²) >= 11 is 0. The molecule has 0 bridgehead atoms. The van der Waals surface area contributed by atoms with Gasteiger partial charge in [0.15, 0.2) is 0 Å². The maximum atomic E-state index is 11.6. The molecule has 0 aliphatic carbocycles. The van der Waals surface area contributed by atoms with E-state index < -0.39 is 6.04 Å². The number of carbonyl (C=O) groups excluding carboxylic acids is 1. The van der Waals surface area contributed by atoms with Crippen LogP contribution in [-0.2, 0) is 20.7 Å². The summed E-state index contributed by atoms with van der Waals surface area (Å²) in [5.74, 6) is -0.384. The van der Waals surface area contributed by atoms with Crippen molar-refractivity contribution >= 4 is 5.97 Å². The van der Waals surface area contributed by atoms with E-state index in [0.29, 0.717) is 19.6 Å². The van der Waals surface area contributed by atoms with E-state index in [9.17, 15) is 4.79 Å². The van der Waals surface area contributed by atoms with Gasteiger partial charge < -0.3 is 20.2 Å². The third-order valence-electron chi connectivity index (χ3n) is 2.47. The van der Waals surface area contributed by atoms with Crippen molar-refractivity contribution in [3.8, 4) is 0 Å². The van der Waals surface area contributed by atoms with E-state index in [4.69, 9.17) is 15.2 Å². The van der Waals surface area contributed by atoms with Crippen molar-refractivity contribution in [2.45, 2.75) is 25.0 Å². The second kappa shape index (κ2) is 5.09. The number of nitrogens with one attached hydrogen (secondary N) is 1. The standard InChI is InChI=1S/C10H15N3O3/c11-9(3-7-4-12-6-13-7)10(14)16-8-1-2-15-5-8/h4,6,8-9H,1-3,5,11H2,(H,12,13)/t8?,9-/m0/s1. The summed E-state index contributed by atoms with van der Waals surface area (Å²) in [6.07, 6.45) is 4.22. The molecule has 2 heterocycles. The lowest BCUT2D eigenvalue weighted by molar-refractivity contribution is -0.150. The highest BCUT2D eigenvalue weighted by molar-refractivity contribution is 5.76. The number of hydrogen-bond donors (Lipinski definition) is 2. The van der Waals surface area contributed by atoms with Crippen LogP contribution >= 0.6 is 0 Å². The molecule has 1 aliphatic rings. The molecule has 0 radical (unpaired) electrons. The fraction of sp³-hybridized carbons (Fsp3) is 0.600. The third kappa shape index (κ3) is 2.80. The predicted octanol–water partition coefficient (Wildman–Crippen LogP) is -0.388. The van der Waals surface area contributed by atoms with Gasteiger partial charge in [-0.15, -0.1) is 0 Å². The van der Waals surface area contributed by atoms with Crippen LogP contribution in [0.15, 0.2) is 12.5 Å². The number of esters is 1. The minimum absolute atomic E-state index is 0.139. The molecule has 2 atom stereocenters. The smallest absolute Gasteiger partial charge is 0.323 e. The highest BCUT2D eigenvalue weighted by Gasteiger charge is 2.23. The zero-order valence-corrected chi connectivity index (χ0v) is 8.89. The van der Waals surface area contributed by atoms with Crippen molar-refractivity contribution in [1.82, 2.24) is 9.97 Å². The minimum Gasteiger partial charge on any atom is -0.459 e. The molecule has 0 aromatic carbocycles. The largest absolute Gasteiger partial charge is 0.459 e. The summed E-state index contributed by atoms with van der Waals surface area (Å²) in [6, 6.07) is -0.652. The van der Waals surface area contributed by atoms with Gasteiger partial charge in [0.2, 0.25) is 0 Å². The maximum absolute atomic E-state index is 11.6. The zero-order chi connectivity index (χ0) is 11.4. The fourth-order valence-corrected chi connectivity index (χ4v) is 1.57. The Morgan fingerprint density at radius 1 is 1.81 bits per heavy atom. The van der Waals surface area contributed by atoms with Crippen molar-refractivity contribution in [2.75, 3.05) is 13.2 Å². The Balaban J connectivity index is 1.79. The normalized spacial score (nSPS) is 21.9. The zero-order valence-electron chi connectivity index (χ0n) is 8.89. The van der Waals surface area contributed by atoms with E-state index in [0.717, 1.165) is 12.1 Å². The number of ether oxygens (including phenoxy) is 2. The van der Waals surface area contributed by atoms with E-state index in [-0.39, 0.29) is 12.1 Å². The number of hydrogen-bond acceptors (Lipinski definition) is 5. The quantitative estimate of drug-likeness (QED) is 0.681. The first-order valence-corrected chi connectivity index (χ1v) is 5.27. The summed E-state index contributed by atoms with van der Waals surface area (Å²) in [5.41, 5.74) is 6.55. The van der Waals surface area contributed by atoms with Crippen LogP contribution in [0.25, 0.3) is 0 Å². The lowest BCUT2D eigenvalue weighted by Gasteiger charge is -2.14. The summed E-state index contributed by atoms with van der Waals surface area (Å²) in [4.78, 5) is 18.3. The predicted molar refractivity (Wildman–Crippen MR) is 55.6 cm³/mol. The summed E-state index contributed by atoms with van der Waals surface area (Å²) in [5, 5.41) is 0. The molecule has 3 N–H and O–H groups in total. The van der Waals surface area contributed by atoms with Gasteiger partial charge >= 0.3 is 5.97 Å². The number of imidazole rings is 1. The number of aromatic amines is 1. The molecule has 0 spiro atoms. The number of carbonyl (C=O) groups is 1. The molecule has 1 aromatic rings. The lowest BCUT2D eigenvalue weighted by Crippen LogP contribution is -2.37. The molecule has 1 saturated heterocycles. The molecule has 2 rings (SSSR count). The molecular formula is C10H15N3O3. The van der Waals surface area contributed by atoms with Gasteiger partial charge in [-0.3, -0.25) is 4.79 Å². The van der Waals surface area contributed by atoms with Crippen LogP contribution < -0.4 is 5.73 Å². The van der Waals surface area contributed by atoms with Gasteiger partial charge in [-0.05, 0) is 0 Å². The molecular weight excluding hydrogens is 210 g/mol. The van der Waals surface area contributed by atoms with Crippen molar-refractivity contribution in [1.29, 1.82) is 0 Å². The molecule has 0 saturated carbocycles. The highest BCUT2D eigenvalue weighted by Crippen LogP contribution is 2.09. The number of aromatic nitrogens is 2. The number of nitrogens with zero attached hydrogens (tertiary/aromatic N) is 1. The van der Waals surface area contributed by atoms with Crippen molar-refractivity contribution in [3.05, 3.63) is 18.2 Å². The molecule has 6 nitrogen and oxygen atoms in total. The van der Waals surface area contributed by atoms with Crippen molar-refractivity contribution < 1.29 is 14.3 Å². The van der Waals surface area contributed by atoms with E-state index in [1.165, 1.54) is 0 Å². The van der Waals surface area contributed by atoms with Crippen LogP contribution in [-0.4, -0.2) is 41.3 Å². The van der Waals surface area contributed by atoms with Crippen LogP contribution in [0.5, 0.6) is 0 Å². The second-order valence-electron chi connectivity index (χ2n) is 3.81. The van der Waals surface area contributed by atoms with Crippen molar-refractivity contribution in [3.63, 3.8) is 0 Å². The van der Waals surface area contributed by atoms with Gasteiger partial charge in [0, 0.05) is 24.7 Å². The molecule has 6 heteroatoms. The fourth-order valence-electron chi connectivity index (χ4n) is 1.57. The van der Waals surface area contributed by atoms with Gasteiger partial charge in [-0.25, -0.2) is 4.98 Å². The Morgan fingerprint density at radius 2 is 2.69 bits per heavy atom. The summed E-state index contributed by atoms with van der Waals surface area (Å²) < 4.78 is 10.3. The topological polar surface area (TPSA) is 90.2 Å². The van der Waals surface area contributed by atoms with Crippen LogP contribution in [0.3, 0.4) is 0 Å². The first kappa shape index (κ1) is 11.1. The summed E-state index contributed by atoms with van der Waals surface area (Å²) in [6.45, 7) is 1.12. The Kier molecular flexibility index (Phi) is 3.53. The maximum Gasteiger partial charge on any atom is 0.323 e. The van der Waals surface area contributed by atoms with E-state index in [1.54, 1.807) is 12.5 Å². The molecule has 88 valence electrons. The van der Waals surface area contributed by atoms with Crippen LogP contribution in [0.2, 0.25) is 0 Å². The average molecular weight is 225 g/mol. The first-order valence-electron chi connectivity index (χ1n) is 5.27. The first-order chi connectivity index (χ1) is 7.75. The third-order valence-corrected chi connectivity index (χ3v) is 2.47. The molecule has 0 amide bonds. The van der Waals surface area contributed by atoms with Crippen LogP contribution in [0.1, 0.15) is 12.1 Å². The molecule has 1 fully saturated rings. The Labute approximate surface area is 93.1 Å². The molecule has 16 heavy (non-hydrogen) atoms. The molecule has 1 unspecified atom stereocenters. The van der Waals surface area contributed by atoms with Gasteiger partial charge in [-0.2, -0.15) is 0 Å². The van der Waals surface area contributed by atoms with Gasteiger partial charge in [0.1, 0.15) is 12.1 Å². The second-order valence-corrected chi connectivity index (χ2v) is 3.81. The summed E-state index contributed by atoms with van der Waals surface area (Å²) in [7, 11) is 0. The van der Waals surface area contributed by atoms with E-state index in [1.807, 2.05) is 0 Å². The number of rotatable bonds is 4. The number of nitrogens with two attached hydrogens (primary N) is 1. The van der Waals surface area contributed by atoms with Gasteiger partial charge in [0.05, 0.1) is 19.5 Å². The van der Waals surface area contributed by atoms with Crippen molar-refractivity contribution in [2.24, 2.45) is 5.73 Å². The SMILES string of the molecule is N[C@@H](Cc1cnc[nH]1)C(=O)OC1CCOC1. The van der Waals surface area contributed by atoms with Gasteiger partial charge in [0.25, 0.3) is 0 Å². The van der Waals surface area contributed by atoms with E-state index in [2.05, 4.69) is 9.97 Å². The van der Waals surface area contributed by atoms with E-state index >= 15 is 0 Å². The van der Waals surface area contributed by atoms with Gasteiger partial charge in [-0.1, -0.05) is 0 Å². The Hall–Kier alpha value is -1.40. The van der Waals surface area contributed by atoms with Crippen LogP contribution in [0, 0.1) is 0 Å². The highest BCUT2D eigenvalue weighted by atomic mass is 16.6. The lowest BCUT2D eigenvalue weighted by atomic mass is 10.2. The Morgan fingerprint density at radius 3 is 3.31 bits per heavy atom. The Bertz CT molecular complexity index is 333. The van der Waals surface area contributed by atoms with Crippen LogP contribution in [0.4, 0.5) is 0 Å². The molecule has 1 aliphatic heterocycles. The average Bonchev–Trinajstić information content (AvgIpc) is 2.90. The monoisotopic (exact) mass is 225 g/mol. The number of H-pyrrole nitrogens is 1. The minimum atomic E-state index is -0.652.